The van der Waals surface area contributed by atoms with Crippen molar-refractivity contribution >= 4 is 26.8 Å². The molecular weight excluding hydrogens is 620 g/mol. The Morgan fingerprint density at radius 2 is 1.49 bits per heavy atom. The van der Waals surface area contributed by atoms with Crippen molar-refractivity contribution < 1.29 is 74.5 Å². The Bertz CT molecular complexity index is 1020. The highest BCUT2D eigenvalue weighted by molar-refractivity contribution is 7.81. The van der Waals surface area contributed by atoms with Crippen molar-refractivity contribution in [1.82, 2.24) is 0 Å². The quantitative estimate of drug-likeness (QED) is 0.0981. The summed E-state index contributed by atoms with van der Waals surface area (Å²) in [6.45, 7) is 3.28. The molecule has 1 saturated heterocycles. The van der Waals surface area contributed by atoms with E-state index in [1.54, 1.807) is 6.92 Å². The summed E-state index contributed by atoms with van der Waals surface area (Å²) in [4.78, 5) is 10.9. The van der Waals surface area contributed by atoms with Crippen molar-refractivity contribution in [2.24, 2.45) is 5.92 Å². The van der Waals surface area contributed by atoms with Gasteiger partial charge in [0.1, 0.15) is 30.0 Å². The number of hydrogen-bond donors (Lipinski definition) is 3. The second-order valence-corrected chi connectivity index (χ2v) is 12.5. The summed E-state index contributed by atoms with van der Waals surface area (Å²) in [6, 6.07) is 0. The van der Waals surface area contributed by atoms with E-state index in [0.717, 1.165) is 25.3 Å². The van der Waals surface area contributed by atoms with Gasteiger partial charge >= 0.3 is 0 Å². The van der Waals surface area contributed by atoms with E-state index in [-0.39, 0.29) is 18.3 Å². The van der Waals surface area contributed by atoms with Gasteiger partial charge in [0, 0.05) is 12.3 Å². The van der Waals surface area contributed by atoms with E-state index < -0.39 is 81.9 Å². The Morgan fingerprint density at radius 1 is 0.953 bits per heavy atom. The van der Waals surface area contributed by atoms with Gasteiger partial charge in [0.15, 0.2) is 6.29 Å². The van der Waals surface area contributed by atoms with Crippen LogP contribution in [0.4, 0.5) is 0 Å². The zero-order valence-corrected chi connectivity index (χ0v) is 26.0. The van der Waals surface area contributed by atoms with Gasteiger partial charge in [-0.05, 0) is 18.9 Å². The number of ether oxygens (including phenoxy) is 2. The maximum Gasteiger partial charge on any atom is 0.218 e. The molecule has 0 saturated carbocycles. The molecule has 256 valence electrons. The molecule has 1 fully saturated rings. The molecule has 0 aromatic carbocycles. The van der Waals surface area contributed by atoms with Gasteiger partial charge in [-0.15, -0.1) is 0 Å². The molecule has 43 heavy (non-hydrogen) atoms. The molecule has 0 aromatic rings. The Kier molecular flexibility index (Phi) is 19.9. The maximum atomic E-state index is 10.9. The van der Waals surface area contributed by atoms with Crippen LogP contribution in [0.15, 0.2) is 11.8 Å². The van der Waals surface area contributed by atoms with Gasteiger partial charge in [0.2, 0.25) is 20.8 Å². The summed E-state index contributed by atoms with van der Waals surface area (Å²) >= 11 is 0. The van der Waals surface area contributed by atoms with Gasteiger partial charge < -0.3 is 49.3 Å². The SMILES string of the molecule is CC1[C@H](O)CC(COS(=O)(=O)[O-])O[C@@H]1O.CCCCCCCCCCCC[C@@H]1OC(C(=O)[O-])=C[C@@H](O)C1OS(=O)(=O)[O-].O. The Morgan fingerprint density at radius 3 is 1.95 bits per heavy atom. The van der Waals surface area contributed by atoms with Crippen LogP contribution in [-0.4, -0.2) is 96.1 Å². The standard InChI is InChI=1S/C18H32O8S.C7H14O7S.H2O/c1-2-3-4-5-6-7-8-9-10-11-12-15-17(26-27(22,23)24)14(19)13-16(25-15)18(20)21;1-4-6(8)2-5(14-7(4)9)3-13-15(10,11)12;/h13-15,17,19H,2-12H2,1H3,(H,20,21)(H,22,23,24);4-9H,2-3H2,1H3,(H,10,11,12);1H2/p-3/t14-,15+,17?;4?,5?,6-,7+;/m11./s1. The molecule has 0 amide bonds. The number of aliphatic hydroxyl groups is 3. The van der Waals surface area contributed by atoms with Crippen molar-refractivity contribution in [1.29, 1.82) is 0 Å². The van der Waals surface area contributed by atoms with Crippen LogP contribution in [-0.2, 0) is 43.4 Å². The minimum atomic E-state index is -5.06. The molecule has 18 heteroatoms. The average Bonchev–Trinajstić information content (AvgIpc) is 2.88. The molecule has 0 radical (unpaired) electrons. The van der Waals surface area contributed by atoms with Crippen LogP contribution in [0.1, 0.15) is 90.9 Å². The van der Waals surface area contributed by atoms with Crippen LogP contribution in [0, 0.1) is 5.92 Å². The molecule has 2 aliphatic rings. The normalized spacial score (nSPS) is 27.6. The van der Waals surface area contributed by atoms with Crippen molar-refractivity contribution in [3.63, 3.8) is 0 Å². The first-order chi connectivity index (χ1) is 19.5. The Hall–Kier alpha value is -1.45. The van der Waals surface area contributed by atoms with E-state index in [4.69, 9.17) is 9.47 Å². The summed E-state index contributed by atoms with van der Waals surface area (Å²) < 4.78 is 81.4. The van der Waals surface area contributed by atoms with Crippen molar-refractivity contribution in [3.8, 4) is 0 Å². The summed E-state index contributed by atoms with van der Waals surface area (Å²) in [7, 11) is -9.83. The first kappa shape index (κ1) is 41.5. The lowest BCUT2D eigenvalue weighted by Gasteiger charge is -2.35. The van der Waals surface area contributed by atoms with Gasteiger partial charge in [-0.2, -0.15) is 0 Å². The third-order valence-corrected chi connectivity index (χ3v) is 7.75. The van der Waals surface area contributed by atoms with Crippen LogP contribution in [0.25, 0.3) is 0 Å². The molecular formula is C25H45O16S2-3. The lowest BCUT2D eigenvalue weighted by molar-refractivity contribution is -0.305. The predicted octanol–water partition coefficient (Wildman–Crippen LogP) is -0.721. The lowest BCUT2D eigenvalue weighted by atomic mass is 9.95. The molecule has 16 nitrogen and oxygen atoms in total. The number of hydrogen-bond acceptors (Lipinski definition) is 15. The monoisotopic (exact) mass is 665 g/mol. The van der Waals surface area contributed by atoms with Gasteiger partial charge in [-0.3, -0.25) is 8.37 Å². The number of carboxylic acids is 1. The van der Waals surface area contributed by atoms with Gasteiger partial charge in [-0.25, -0.2) is 16.8 Å². The summed E-state index contributed by atoms with van der Waals surface area (Å²) in [6.07, 6.45) is 5.27. The number of aliphatic carboxylic acids is 1. The topological polar surface area (TPSA) is 284 Å². The van der Waals surface area contributed by atoms with Crippen LogP contribution in [0.2, 0.25) is 0 Å². The molecule has 2 rings (SSSR count). The number of aliphatic hydroxyl groups excluding tert-OH is 3. The fraction of sp³-hybridized carbons (Fsp3) is 0.880. The maximum absolute atomic E-state index is 10.9. The summed E-state index contributed by atoms with van der Waals surface area (Å²) in [5.74, 6) is -2.65. The molecule has 0 bridgehead atoms. The van der Waals surface area contributed by atoms with Crippen LogP contribution >= 0.6 is 0 Å². The molecule has 7 atom stereocenters. The van der Waals surface area contributed by atoms with E-state index >= 15 is 0 Å². The number of carbonyl (C=O) groups excluding carboxylic acids is 1. The highest BCUT2D eigenvalue weighted by Crippen LogP contribution is 2.26. The van der Waals surface area contributed by atoms with Crippen LogP contribution in [0.5, 0.6) is 0 Å². The van der Waals surface area contributed by atoms with E-state index in [1.807, 2.05) is 0 Å². The van der Waals surface area contributed by atoms with Gasteiger partial charge in [0.05, 0.1) is 18.8 Å². The second-order valence-electron chi connectivity index (χ2n) is 10.4. The fourth-order valence-electron chi connectivity index (χ4n) is 4.48. The number of rotatable bonds is 17. The number of carboxylic acid groups (broad SMARTS) is 1. The number of unbranched alkanes of at least 4 members (excludes halogenated alkanes) is 9. The summed E-state index contributed by atoms with van der Waals surface area (Å²) in [5.41, 5.74) is 0. The molecule has 2 aliphatic heterocycles. The van der Waals surface area contributed by atoms with Gasteiger partial charge in [0.25, 0.3) is 0 Å². The minimum absolute atomic E-state index is 0. The Balaban J connectivity index is 0.000000934. The zero-order chi connectivity index (χ0) is 31.9. The third-order valence-electron chi connectivity index (χ3n) is 6.87. The first-order valence-corrected chi connectivity index (χ1v) is 16.7. The second kappa shape index (κ2) is 20.6. The van der Waals surface area contributed by atoms with Crippen LogP contribution in [0.3, 0.4) is 0 Å². The van der Waals surface area contributed by atoms with E-state index in [2.05, 4.69) is 15.3 Å². The minimum Gasteiger partial charge on any atom is -0.726 e. The van der Waals surface area contributed by atoms with Crippen molar-refractivity contribution in [2.45, 2.75) is 128 Å². The van der Waals surface area contributed by atoms with E-state index in [1.165, 1.54) is 38.5 Å². The Labute approximate surface area is 253 Å². The molecule has 0 aromatic heterocycles. The van der Waals surface area contributed by atoms with Crippen molar-refractivity contribution in [2.75, 3.05) is 6.61 Å². The van der Waals surface area contributed by atoms with E-state index in [9.17, 15) is 51.2 Å². The highest BCUT2D eigenvalue weighted by atomic mass is 32.3. The third kappa shape index (κ3) is 18.2. The van der Waals surface area contributed by atoms with Gasteiger partial charge in [-0.1, -0.05) is 71.6 Å². The van der Waals surface area contributed by atoms with E-state index in [0.29, 0.717) is 6.42 Å². The summed E-state index contributed by atoms with van der Waals surface area (Å²) in [5, 5.41) is 39.6. The molecule has 5 N–H and O–H groups in total. The average molecular weight is 666 g/mol. The smallest absolute Gasteiger partial charge is 0.218 e. The molecule has 0 spiro atoms. The fourth-order valence-corrected chi connectivity index (χ4v) is 5.31. The molecule has 0 aliphatic carbocycles. The van der Waals surface area contributed by atoms with Crippen LogP contribution < -0.4 is 5.11 Å². The predicted molar refractivity (Wildman–Crippen MR) is 145 cm³/mol. The molecule has 2 heterocycles. The zero-order valence-electron chi connectivity index (χ0n) is 24.4. The van der Waals surface area contributed by atoms with Crippen molar-refractivity contribution in [3.05, 3.63) is 11.8 Å². The highest BCUT2D eigenvalue weighted by Gasteiger charge is 2.37. The first-order valence-electron chi connectivity index (χ1n) is 14.1. The number of carbonyl (C=O) groups is 1. The largest absolute Gasteiger partial charge is 0.726 e. The molecule has 3 unspecified atom stereocenters. The lowest BCUT2D eigenvalue weighted by Crippen LogP contribution is -2.47.